The molecule has 15 heavy (non-hydrogen) atoms. The first kappa shape index (κ1) is 9.31. The van der Waals surface area contributed by atoms with Crippen LogP contribution in [0.25, 0.3) is 0 Å². The number of benzene rings is 1. The van der Waals surface area contributed by atoms with Crippen molar-refractivity contribution in [3.8, 4) is 0 Å². The molecule has 3 heteroatoms. The molecule has 0 aromatic heterocycles. The number of hydrogen-bond acceptors (Lipinski definition) is 2. The van der Waals surface area contributed by atoms with Crippen molar-refractivity contribution >= 4 is 0 Å². The molecule has 1 unspecified atom stereocenters. The summed E-state index contributed by atoms with van der Waals surface area (Å²) in [6.45, 7) is 1.97. The Balaban J connectivity index is 2.04. The first-order chi connectivity index (χ1) is 7.25. The number of fused-ring (bicyclic) bond motifs is 2. The van der Waals surface area contributed by atoms with Gasteiger partial charge in [-0.05, 0) is 42.6 Å². The van der Waals surface area contributed by atoms with Gasteiger partial charge in [-0.1, -0.05) is 6.07 Å². The van der Waals surface area contributed by atoms with Gasteiger partial charge in [-0.15, -0.1) is 0 Å². The summed E-state index contributed by atoms with van der Waals surface area (Å²) in [5.74, 6) is -0.154. The maximum atomic E-state index is 13.1. The van der Waals surface area contributed by atoms with E-state index in [0.29, 0.717) is 6.04 Å². The second kappa shape index (κ2) is 3.29. The number of hydrogen-bond donors (Lipinski definition) is 1. The molecule has 2 aliphatic heterocycles. The molecule has 2 heterocycles. The molecule has 2 aliphatic rings. The number of nitrogens with zero attached hydrogens (tertiary/aromatic N) is 1. The van der Waals surface area contributed by atoms with E-state index in [1.54, 1.807) is 6.07 Å². The molecule has 1 aromatic carbocycles. The van der Waals surface area contributed by atoms with Crippen LogP contribution < -0.4 is 5.73 Å². The van der Waals surface area contributed by atoms with Crippen molar-refractivity contribution in [3.63, 3.8) is 0 Å². The van der Waals surface area contributed by atoms with Gasteiger partial charge < -0.3 is 5.73 Å². The lowest BCUT2D eigenvalue weighted by atomic mass is 9.90. The molecular weight excluding hydrogens is 191 g/mol. The fraction of sp³-hybridized carbons (Fsp3) is 0.500. The van der Waals surface area contributed by atoms with E-state index in [9.17, 15) is 4.39 Å². The molecule has 0 spiro atoms. The molecular formula is C12H15FN2. The fourth-order valence-electron chi connectivity index (χ4n) is 2.92. The molecule has 1 aromatic rings. The van der Waals surface area contributed by atoms with Gasteiger partial charge in [0.2, 0.25) is 0 Å². The van der Waals surface area contributed by atoms with Gasteiger partial charge in [-0.2, -0.15) is 0 Å². The van der Waals surface area contributed by atoms with Crippen molar-refractivity contribution < 1.29 is 4.39 Å². The number of rotatable bonds is 0. The van der Waals surface area contributed by atoms with Crippen molar-refractivity contribution in [3.05, 3.63) is 35.1 Å². The first-order valence-electron chi connectivity index (χ1n) is 5.53. The van der Waals surface area contributed by atoms with Crippen molar-refractivity contribution in [2.45, 2.75) is 31.5 Å². The van der Waals surface area contributed by atoms with Gasteiger partial charge in [0.05, 0.1) is 0 Å². The SMILES string of the molecule is NC1c2ccc(F)cc2CN2CCC[C@@H]12. The van der Waals surface area contributed by atoms with Crippen molar-refractivity contribution in [2.24, 2.45) is 5.73 Å². The molecule has 2 atom stereocenters. The highest BCUT2D eigenvalue weighted by atomic mass is 19.1. The topological polar surface area (TPSA) is 29.3 Å². The minimum absolute atomic E-state index is 0.0665. The van der Waals surface area contributed by atoms with E-state index in [2.05, 4.69) is 4.90 Å². The summed E-state index contributed by atoms with van der Waals surface area (Å²) in [5, 5.41) is 0. The van der Waals surface area contributed by atoms with Crippen LogP contribution >= 0.6 is 0 Å². The van der Waals surface area contributed by atoms with E-state index < -0.39 is 0 Å². The monoisotopic (exact) mass is 206 g/mol. The lowest BCUT2D eigenvalue weighted by molar-refractivity contribution is 0.197. The van der Waals surface area contributed by atoms with Gasteiger partial charge in [-0.25, -0.2) is 4.39 Å². The fourth-order valence-corrected chi connectivity index (χ4v) is 2.92. The van der Waals surface area contributed by atoms with Crippen LogP contribution in [0.5, 0.6) is 0 Å². The van der Waals surface area contributed by atoms with Crippen LogP contribution in [0.2, 0.25) is 0 Å². The molecule has 0 radical (unpaired) electrons. The van der Waals surface area contributed by atoms with Crippen LogP contribution in [0.1, 0.15) is 30.0 Å². The van der Waals surface area contributed by atoms with Crippen molar-refractivity contribution in [2.75, 3.05) is 6.54 Å². The largest absolute Gasteiger partial charge is 0.323 e. The van der Waals surface area contributed by atoms with E-state index >= 15 is 0 Å². The van der Waals surface area contributed by atoms with E-state index in [1.807, 2.05) is 6.07 Å². The van der Waals surface area contributed by atoms with Gasteiger partial charge in [0.15, 0.2) is 0 Å². The zero-order valence-electron chi connectivity index (χ0n) is 8.62. The van der Waals surface area contributed by atoms with Crippen LogP contribution in [0.3, 0.4) is 0 Å². The van der Waals surface area contributed by atoms with E-state index in [-0.39, 0.29) is 11.9 Å². The molecule has 2 N–H and O–H groups in total. The van der Waals surface area contributed by atoms with Gasteiger partial charge in [0.1, 0.15) is 5.82 Å². The van der Waals surface area contributed by atoms with Crippen LogP contribution in [-0.4, -0.2) is 17.5 Å². The third-order valence-corrected chi connectivity index (χ3v) is 3.67. The highest BCUT2D eigenvalue weighted by molar-refractivity contribution is 5.34. The Morgan fingerprint density at radius 3 is 3.13 bits per heavy atom. The maximum Gasteiger partial charge on any atom is 0.123 e. The highest BCUT2D eigenvalue weighted by Gasteiger charge is 2.35. The first-order valence-corrected chi connectivity index (χ1v) is 5.53. The summed E-state index contributed by atoms with van der Waals surface area (Å²) < 4.78 is 13.1. The van der Waals surface area contributed by atoms with Gasteiger partial charge in [0.25, 0.3) is 0 Å². The third-order valence-electron chi connectivity index (χ3n) is 3.67. The smallest absolute Gasteiger partial charge is 0.123 e. The van der Waals surface area contributed by atoms with Gasteiger partial charge >= 0.3 is 0 Å². The van der Waals surface area contributed by atoms with E-state index in [1.165, 1.54) is 18.9 Å². The summed E-state index contributed by atoms with van der Waals surface area (Å²) in [4.78, 5) is 2.38. The molecule has 0 saturated carbocycles. The highest BCUT2D eigenvalue weighted by Crippen LogP contribution is 2.35. The minimum atomic E-state index is -0.154. The quantitative estimate of drug-likeness (QED) is 0.701. The van der Waals surface area contributed by atoms with Gasteiger partial charge in [0, 0.05) is 18.6 Å². The normalized spacial score (nSPS) is 30.0. The predicted octanol–water partition coefficient (Wildman–Crippen LogP) is 1.80. The van der Waals surface area contributed by atoms with Crippen molar-refractivity contribution in [1.29, 1.82) is 0 Å². The van der Waals surface area contributed by atoms with Gasteiger partial charge in [-0.3, -0.25) is 4.90 Å². The lowest BCUT2D eigenvalue weighted by Crippen LogP contribution is -2.42. The molecule has 1 saturated heterocycles. The molecule has 80 valence electrons. The number of halogens is 1. The van der Waals surface area contributed by atoms with E-state index in [4.69, 9.17) is 5.73 Å². The standard InChI is InChI=1S/C12H15FN2/c13-9-3-4-10-8(6-9)7-15-5-1-2-11(15)12(10)14/h3-4,6,11-12H,1-2,5,7,14H2/t11-,12?/m0/s1. The van der Waals surface area contributed by atoms with Crippen LogP contribution in [0, 0.1) is 5.82 Å². The average molecular weight is 206 g/mol. The molecule has 0 amide bonds. The van der Waals surface area contributed by atoms with Crippen molar-refractivity contribution in [1.82, 2.24) is 4.90 Å². The summed E-state index contributed by atoms with van der Waals surface area (Å²) in [7, 11) is 0. The van der Waals surface area contributed by atoms with E-state index in [0.717, 1.165) is 24.2 Å². The summed E-state index contributed by atoms with van der Waals surface area (Å²) >= 11 is 0. The molecule has 1 fully saturated rings. The molecule has 3 rings (SSSR count). The molecule has 2 nitrogen and oxygen atoms in total. The van der Waals surface area contributed by atoms with Crippen LogP contribution in [0.15, 0.2) is 18.2 Å². The summed E-state index contributed by atoms with van der Waals surface area (Å²) in [5.41, 5.74) is 8.43. The Labute approximate surface area is 88.9 Å². The zero-order chi connectivity index (χ0) is 10.4. The predicted molar refractivity (Wildman–Crippen MR) is 56.8 cm³/mol. The number of nitrogens with two attached hydrogens (primary N) is 1. The minimum Gasteiger partial charge on any atom is -0.323 e. The lowest BCUT2D eigenvalue weighted by Gasteiger charge is -2.36. The summed E-state index contributed by atoms with van der Waals surface area (Å²) in [6.07, 6.45) is 2.40. The average Bonchev–Trinajstić information content (AvgIpc) is 2.65. The Bertz CT molecular complexity index is 391. The Morgan fingerprint density at radius 2 is 2.27 bits per heavy atom. The van der Waals surface area contributed by atoms with Crippen LogP contribution in [0.4, 0.5) is 4.39 Å². The third kappa shape index (κ3) is 1.38. The Hall–Kier alpha value is -0.930. The molecule has 0 bridgehead atoms. The molecule has 0 aliphatic carbocycles. The Morgan fingerprint density at radius 1 is 1.40 bits per heavy atom. The Kier molecular flexibility index (Phi) is 2.04. The second-order valence-corrected chi connectivity index (χ2v) is 4.55. The summed E-state index contributed by atoms with van der Waals surface area (Å²) in [6, 6.07) is 5.54. The maximum absolute atomic E-state index is 13.1. The second-order valence-electron chi connectivity index (χ2n) is 4.55. The van der Waals surface area contributed by atoms with Crippen LogP contribution in [-0.2, 0) is 6.54 Å². The zero-order valence-corrected chi connectivity index (χ0v) is 8.62.